The first-order chi connectivity index (χ1) is 10.1. The van der Waals surface area contributed by atoms with Crippen LogP contribution < -0.4 is 5.32 Å². The standard InChI is InChI=1S/C14H15N3O4/c1-3-20-13(18)10(8-15)9-17-12-11(6-5-7-16-12)14(19)21-4-2/h5-7,9H,3-4H2,1-2H3,(H,16,17)/b10-9+. The maximum absolute atomic E-state index is 11.7. The second-order valence-corrected chi connectivity index (χ2v) is 3.65. The van der Waals surface area contributed by atoms with Gasteiger partial charge in [0.15, 0.2) is 5.57 Å². The molecule has 0 spiro atoms. The molecule has 7 nitrogen and oxygen atoms in total. The number of anilines is 1. The average molecular weight is 289 g/mol. The van der Waals surface area contributed by atoms with E-state index in [2.05, 4.69) is 10.3 Å². The quantitative estimate of drug-likeness (QED) is 0.482. The van der Waals surface area contributed by atoms with Crippen LogP contribution in [-0.4, -0.2) is 30.1 Å². The number of aromatic nitrogens is 1. The molecule has 0 radical (unpaired) electrons. The molecule has 0 atom stereocenters. The van der Waals surface area contributed by atoms with Gasteiger partial charge < -0.3 is 14.8 Å². The first-order valence-electron chi connectivity index (χ1n) is 6.30. The minimum atomic E-state index is -0.749. The van der Waals surface area contributed by atoms with Crippen LogP contribution in [0.25, 0.3) is 0 Å². The van der Waals surface area contributed by atoms with Crippen molar-refractivity contribution in [1.82, 2.24) is 4.98 Å². The van der Waals surface area contributed by atoms with Crippen LogP contribution in [0.15, 0.2) is 30.1 Å². The van der Waals surface area contributed by atoms with Crippen LogP contribution in [0.4, 0.5) is 5.82 Å². The van der Waals surface area contributed by atoms with Crippen LogP contribution in [0.2, 0.25) is 0 Å². The molecule has 0 fully saturated rings. The maximum atomic E-state index is 11.7. The Kier molecular flexibility index (Phi) is 6.41. The Bertz CT molecular complexity index is 590. The molecule has 7 heteroatoms. The molecule has 0 aliphatic carbocycles. The smallest absolute Gasteiger partial charge is 0.350 e. The van der Waals surface area contributed by atoms with Gasteiger partial charge in [-0.05, 0) is 26.0 Å². The van der Waals surface area contributed by atoms with E-state index < -0.39 is 11.9 Å². The van der Waals surface area contributed by atoms with Crippen molar-refractivity contribution < 1.29 is 19.1 Å². The Morgan fingerprint density at radius 1 is 1.38 bits per heavy atom. The molecule has 0 saturated heterocycles. The van der Waals surface area contributed by atoms with Crippen LogP contribution in [0, 0.1) is 11.3 Å². The van der Waals surface area contributed by atoms with Crippen LogP contribution in [0.1, 0.15) is 24.2 Å². The number of nitrogens with one attached hydrogen (secondary N) is 1. The molecular formula is C14H15N3O4. The van der Waals surface area contributed by atoms with E-state index in [1.165, 1.54) is 12.3 Å². The number of nitriles is 1. The number of rotatable bonds is 6. The first-order valence-corrected chi connectivity index (χ1v) is 6.30. The first kappa shape index (κ1) is 16.2. The lowest BCUT2D eigenvalue weighted by Gasteiger charge is -2.07. The summed E-state index contributed by atoms with van der Waals surface area (Å²) in [4.78, 5) is 27.2. The topological polar surface area (TPSA) is 101 Å². The molecule has 0 bridgehead atoms. The van der Waals surface area contributed by atoms with E-state index in [9.17, 15) is 9.59 Å². The lowest BCUT2D eigenvalue weighted by atomic mass is 10.2. The van der Waals surface area contributed by atoms with Crippen molar-refractivity contribution in [2.24, 2.45) is 0 Å². The zero-order chi connectivity index (χ0) is 15.7. The summed E-state index contributed by atoms with van der Waals surface area (Å²) in [6, 6.07) is 4.82. The molecule has 1 aromatic heterocycles. The van der Waals surface area contributed by atoms with Gasteiger partial charge in [-0.15, -0.1) is 0 Å². The van der Waals surface area contributed by atoms with Gasteiger partial charge in [-0.3, -0.25) is 0 Å². The number of nitrogens with zero attached hydrogens (tertiary/aromatic N) is 2. The third-order valence-corrected chi connectivity index (χ3v) is 2.27. The number of hydrogen-bond acceptors (Lipinski definition) is 7. The number of esters is 2. The van der Waals surface area contributed by atoms with Gasteiger partial charge in [-0.2, -0.15) is 5.26 Å². The van der Waals surface area contributed by atoms with E-state index in [0.717, 1.165) is 6.20 Å². The summed E-state index contributed by atoms with van der Waals surface area (Å²) in [5.74, 6) is -1.11. The number of carbonyl (C=O) groups is 2. The predicted octanol–water partition coefficient (Wildman–Crippen LogP) is 1.64. The molecule has 1 rings (SSSR count). The van der Waals surface area contributed by atoms with E-state index in [0.29, 0.717) is 0 Å². The van der Waals surface area contributed by atoms with Gasteiger partial charge in [0.2, 0.25) is 0 Å². The molecule has 21 heavy (non-hydrogen) atoms. The highest BCUT2D eigenvalue weighted by atomic mass is 16.5. The van der Waals surface area contributed by atoms with E-state index in [1.54, 1.807) is 26.0 Å². The van der Waals surface area contributed by atoms with Crippen molar-refractivity contribution in [3.05, 3.63) is 35.7 Å². The molecule has 110 valence electrons. The van der Waals surface area contributed by atoms with Crippen molar-refractivity contribution >= 4 is 17.8 Å². The zero-order valence-corrected chi connectivity index (χ0v) is 11.8. The van der Waals surface area contributed by atoms with Crippen molar-refractivity contribution in [2.45, 2.75) is 13.8 Å². The second-order valence-electron chi connectivity index (χ2n) is 3.65. The monoisotopic (exact) mass is 289 g/mol. The van der Waals surface area contributed by atoms with Crippen LogP contribution in [-0.2, 0) is 14.3 Å². The van der Waals surface area contributed by atoms with Gasteiger partial charge in [0.25, 0.3) is 0 Å². The molecule has 1 aromatic rings. The highest BCUT2D eigenvalue weighted by Gasteiger charge is 2.14. The SMILES string of the molecule is CCOC(=O)/C(C#N)=C/Nc1ncccc1C(=O)OCC. The van der Waals surface area contributed by atoms with Gasteiger partial charge in [0, 0.05) is 12.4 Å². The number of ether oxygens (including phenoxy) is 2. The zero-order valence-electron chi connectivity index (χ0n) is 11.8. The largest absolute Gasteiger partial charge is 0.462 e. The Balaban J connectivity index is 2.95. The Hall–Kier alpha value is -2.88. The number of pyridine rings is 1. The van der Waals surface area contributed by atoms with Gasteiger partial charge in [0.1, 0.15) is 17.5 Å². The molecule has 1 N–H and O–H groups in total. The lowest BCUT2D eigenvalue weighted by molar-refractivity contribution is -0.138. The van der Waals surface area contributed by atoms with Crippen molar-refractivity contribution in [3.63, 3.8) is 0 Å². The molecule has 0 aliphatic rings. The normalized spacial score (nSPS) is 10.4. The van der Waals surface area contributed by atoms with Crippen molar-refractivity contribution in [2.75, 3.05) is 18.5 Å². The average Bonchev–Trinajstić information content (AvgIpc) is 2.49. The van der Waals surface area contributed by atoms with E-state index in [1.807, 2.05) is 0 Å². The molecule has 1 heterocycles. The highest BCUT2D eigenvalue weighted by molar-refractivity contribution is 5.96. The fourth-order valence-corrected chi connectivity index (χ4v) is 1.38. The fraction of sp³-hybridized carbons (Fsp3) is 0.286. The summed E-state index contributed by atoms with van der Waals surface area (Å²) in [5.41, 5.74) is -0.0194. The van der Waals surface area contributed by atoms with Crippen LogP contribution >= 0.6 is 0 Å². The van der Waals surface area contributed by atoms with Crippen molar-refractivity contribution in [1.29, 1.82) is 5.26 Å². The van der Waals surface area contributed by atoms with Gasteiger partial charge in [-0.1, -0.05) is 0 Å². The Morgan fingerprint density at radius 2 is 2.10 bits per heavy atom. The van der Waals surface area contributed by atoms with Crippen LogP contribution in [0.3, 0.4) is 0 Å². The molecule has 0 unspecified atom stereocenters. The highest BCUT2D eigenvalue weighted by Crippen LogP contribution is 2.13. The molecule has 0 aliphatic heterocycles. The fourth-order valence-electron chi connectivity index (χ4n) is 1.38. The summed E-state index contributed by atoms with van der Waals surface area (Å²) in [7, 11) is 0. The van der Waals surface area contributed by atoms with Crippen LogP contribution in [0.5, 0.6) is 0 Å². The second kappa shape index (κ2) is 8.32. The van der Waals surface area contributed by atoms with E-state index in [-0.39, 0.29) is 30.2 Å². The summed E-state index contributed by atoms with van der Waals surface area (Å²) >= 11 is 0. The summed E-state index contributed by atoms with van der Waals surface area (Å²) in [6.07, 6.45) is 2.61. The Labute approximate surface area is 122 Å². The molecule has 0 saturated carbocycles. The van der Waals surface area contributed by atoms with Crippen molar-refractivity contribution in [3.8, 4) is 6.07 Å². The van der Waals surface area contributed by atoms with Gasteiger partial charge in [0.05, 0.1) is 13.2 Å². The van der Waals surface area contributed by atoms with E-state index >= 15 is 0 Å². The maximum Gasteiger partial charge on any atom is 0.350 e. The molecule has 0 amide bonds. The minimum Gasteiger partial charge on any atom is -0.462 e. The summed E-state index contributed by atoms with van der Waals surface area (Å²) in [6.45, 7) is 3.72. The predicted molar refractivity (Wildman–Crippen MR) is 74.1 cm³/mol. The summed E-state index contributed by atoms with van der Waals surface area (Å²) in [5, 5.41) is 11.5. The number of hydrogen-bond donors (Lipinski definition) is 1. The van der Waals surface area contributed by atoms with E-state index in [4.69, 9.17) is 14.7 Å². The number of carbonyl (C=O) groups excluding carboxylic acids is 2. The molecule has 0 aromatic carbocycles. The minimum absolute atomic E-state index is 0.162. The molecular weight excluding hydrogens is 274 g/mol. The van der Waals surface area contributed by atoms with Gasteiger partial charge in [-0.25, -0.2) is 14.6 Å². The lowest BCUT2D eigenvalue weighted by Crippen LogP contribution is -2.11. The summed E-state index contributed by atoms with van der Waals surface area (Å²) < 4.78 is 9.61. The Morgan fingerprint density at radius 3 is 2.71 bits per heavy atom. The van der Waals surface area contributed by atoms with Gasteiger partial charge >= 0.3 is 11.9 Å². The third kappa shape index (κ3) is 4.62. The third-order valence-electron chi connectivity index (χ3n) is 2.27.